The van der Waals surface area contributed by atoms with Gasteiger partial charge in [0.05, 0.1) is 22.7 Å². The maximum absolute atomic E-state index is 11.1. The molecule has 27 heavy (non-hydrogen) atoms. The van der Waals surface area contributed by atoms with E-state index in [0.717, 1.165) is 27.1 Å². The molecule has 0 bridgehead atoms. The molecule has 1 heterocycles. The van der Waals surface area contributed by atoms with E-state index in [1.807, 2.05) is 50.4 Å². The number of carbonyl (C=O) groups is 1. The van der Waals surface area contributed by atoms with Crippen LogP contribution in [0.15, 0.2) is 34.7 Å². The first-order chi connectivity index (χ1) is 12.9. The number of nitrogens with two attached hydrogens (primary N) is 1. The first-order valence-electron chi connectivity index (χ1n) is 8.40. The normalized spacial score (nSPS) is 12.3. The lowest BCUT2D eigenvalue weighted by Crippen LogP contribution is -2.27. The molecule has 1 atom stereocenters. The number of hydrogen-bond donors (Lipinski definition) is 2. The number of nitrogens with one attached hydrogen (secondary N) is 1. The largest absolute Gasteiger partial charge is 0.350 e. The van der Waals surface area contributed by atoms with Gasteiger partial charge in [-0.05, 0) is 48.9 Å². The lowest BCUT2D eigenvalue weighted by atomic mass is 9.79. The average molecular weight is 379 g/mol. The summed E-state index contributed by atoms with van der Waals surface area (Å²) < 4.78 is 0. The number of aryl methyl sites for hydroxylation is 3. The van der Waals surface area contributed by atoms with Gasteiger partial charge in [-0.3, -0.25) is 0 Å². The van der Waals surface area contributed by atoms with Gasteiger partial charge in [0.15, 0.2) is 0 Å². The molecule has 0 fully saturated rings. The molecule has 6 nitrogen and oxygen atoms in total. The molecule has 1 unspecified atom stereocenters. The molecule has 2 rings (SSSR count). The maximum Gasteiger partial charge on any atom is 0.332 e. The van der Waals surface area contributed by atoms with Gasteiger partial charge in [0.25, 0.3) is 0 Å². The summed E-state index contributed by atoms with van der Waals surface area (Å²) in [6.45, 7) is 5.98. The molecule has 1 aromatic heterocycles. The third-order valence-electron chi connectivity index (χ3n) is 4.31. The molecule has 0 aliphatic heterocycles. The standard InChI is InChI=1S/C20H21N5OS/c1-12-7-13(2)19(14(3)8-12)16(15(10-21)11-22)9-17(24-25-20(23)26)18-5-4-6-27-18/h4-8,15-16H,9H2,1-3H3,(H3,23,25,26). The maximum atomic E-state index is 11.1. The van der Waals surface area contributed by atoms with Gasteiger partial charge in [0.2, 0.25) is 0 Å². The van der Waals surface area contributed by atoms with Gasteiger partial charge in [-0.15, -0.1) is 11.3 Å². The van der Waals surface area contributed by atoms with Gasteiger partial charge in [-0.2, -0.15) is 15.6 Å². The van der Waals surface area contributed by atoms with E-state index in [2.05, 4.69) is 22.7 Å². The number of benzene rings is 1. The van der Waals surface area contributed by atoms with Crippen LogP contribution in [0.1, 0.15) is 39.5 Å². The molecular weight excluding hydrogens is 358 g/mol. The lowest BCUT2D eigenvalue weighted by molar-refractivity contribution is 0.249. The second kappa shape index (κ2) is 8.98. The molecule has 0 saturated heterocycles. The van der Waals surface area contributed by atoms with E-state index in [0.29, 0.717) is 12.1 Å². The number of hydrazone groups is 1. The van der Waals surface area contributed by atoms with Crippen molar-refractivity contribution in [3.8, 4) is 12.1 Å². The summed E-state index contributed by atoms with van der Waals surface area (Å²) in [5.41, 5.74) is 12.2. The summed E-state index contributed by atoms with van der Waals surface area (Å²) in [5.74, 6) is -1.22. The van der Waals surface area contributed by atoms with Gasteiger partial charge < -0.3 is 5.73 Å². The Balaban J connectivity index is 2.55. The number of thiophene rings is 1. The highest BCUT2D eigenvalue weighted by molar-refractivity contribution is 7.12. The molecule has 2 aromatic rings. The number of urea groups is 1. The fraction of sp³-hybridized carbons (Fsp3) is 0.300. The Morgan fingerprint density at radius 2 is 1.89 bits per heavy atom. The number of nitriles is 2. The highest BCUT2D eigenvalue weighted by Crippen LogP contribution is 2.35. The summed E-state index contributed by atoms with van der Waals surface area (Å²) in [6.07, 6.45) is 0.331. The minimum absolute atomic E-state index is 0.331. The first kappa shape index (κ1) is 20.2. The number of rotatable bonds is 6. The summed E-state index contributed by atoms with van der Waals surface area (Å²) in [5, 5.41) is 25.2. The zero-order valence-corrected chi connectivity index (χ0v) is 16.3. The van der Waals surface area contributed by atoms with Crippen molar-refractivity contribution in [3.05, 3.63) is 56.8 Å². The Kier molecular flexibility index (Phi) is 6.70. The second-order valence-electron chi connectivity index (χ2n) is 6.37. The van der Waals surface area contributed by atoms with Crippen LogP contribution in [0.4, 0.5) is 4.79 Å². The zero-order chi connectivity index (χ0) is 20.0. The van der Waals surface area contributed by atoms with Crippen LogP contribution < -0.4 is 11.2 Å². The third kappa shape index (κ3) is 4.93. The molecule has 7 heteroatoms. The van der Waals surface area contributed by atoms with Crippen molar-refractivity contribution in [3.63, 3.8) is 0 Å². The number of primary amides is 1. The summed E-state index contributed by atoms with van der Waals surface area (Å²) in [7, 11) is 0. The molecule has 3 N–H and O–H groups in total. The van der Waals surface area contributed by atoms with Crippen LogP contribution in [0.5, 0.6) is 0 Å². The smallest absolute Gasteiger partial charge is 0.332 e. The van der Waals surface area contributed by atoms with E-state index in [-0.39, 0.29) is 5.92 Å². The number of carbonyl (C=O) groups excluding carboxylic acids is 1. The Hall–Kier alpha value is -3.16. The average Bonchev–Trinajstić information content (AvgIpc) is 3.12. The molecule has 1 aromatic carbocycles. The molecular formula is C20H21N5OS. The first-order valence-corrected chi connectivity index (χ1v) is 9.28. The number of hydrogen-bond acceptors (Lipinski definition) is 5. The summed E-state index contributed by atoms with van der Waals surface area (Å²) in [6, 6.07) is 11.3. The van der Waals surface area contributed by atoms with Crippen molar-refractivity contribution in [2.45, 2.75) is 33.1 Å². The molecule has 138 valence electrons. The van der Waals surface area contributed by atoms with E-state index in [1.54, 1.807) is 0 Å². The van der Waals surface area contributed by atoms with Gasteiger partial charge in [0.1, 0.15) is 5.92 Å². The number of nitrogens with zero attached hydrogens (tertiary/aromatic N) is 3. The highest BCUT2D eigenvalue weighted by Gasteiger charge is 2.28. The molecule has 0 saturated carbocycles. The topological polar surface area (TPSA) is 115 Å². The summed E-state index contributed by atoms with van der Waals surface area (Å²) >= 11 is 1.47. The Bertz CT molecular complexity index is 897. The Morgan fingerprint density at radius 3 is 2.37 bits per heavy atom. The van der Waals surface area contributed by atoms with Crippen LogP contribution in [0, 0.1) is 49.4 Å². The fourth-order valence-corrected chi connectivity index (χ4v) is 4.07. The van der Waals surface area contributed by atoms with Crippen LogP contribution in [0.3, 0.4) is 0 Å². The van der Waals surface area contributed by atoms with Crippen molar-refractivity contribution >= 4 is 23.1 Å². The second-order valence-corrected chi connectivity index (χ2v) is 7.32. The lowest BCUT2D eigenvalue weighted by Gasteiger charge is -2.23. The van der Waals surface area contributed by atoms with Crippen molar-refractivity contribution in [1.82, 2.24) is 5.43 Å². The predicted octanol–water partition coefficient (Wildman–Crippen LogP) is 3.88. The molecule has 0 aliphatic carbocycles. The van der Waals surface area contributed by atoms with Crippen LogP contribution in [0.25, 0.3) is 0 Å². The monoisotopic (exact) mass is 379 g/mol. The Labute approximate surface area is 162 Å². The summed E-state index contributed by atoms with van der Waals surface area (Å²) in [4.78, 5) is 12.0. The number of amides is 2. The van der Waals surface area contributed by atoms with E-state index in [4.69, 9.17) is 5.73 Å². The van der Waals surface area contributed by atoms with E-state index >= 15 is 0 Å². The minimum atomic E-state index is -0.844. The molecule has 2 amide bonds. The quantitative estimate of drug-likeness (QED) is 0.586. The zero-order valence-electron chi connectivity index (χ0n) is 15.5. The third-order valence-corrected chi connectivity index (χ3v) is 5.23. The molecule has 0 radical (unpaired) electrons. The van der Waals surface area contributed by atoms with Crippen LogP contribution >= 0.6 is 11.3 Å². The van der Waals surface area contributed by atoms with Gasteiger partial charge >= 0.3 is 6.03 Å². The van der Waals surface area contributed by atoms with E-state index < -0.39 is 11.9 Å². The molecule has 0 spiro atoms. The van der Waals surface area contributed by atoms with Crippen molar-refractivity contribution < 1.29 is 4.79 Å². The van der Waals surface area contributed by atoms with Crippen LogP contribution in [0.2, 0.25) is 0 Å². The van der Waals surface area contributed by atoms with Gasteiger partial charge in [-0.1, -0.05) is 23.8 Å². The van der Waals surface area contributed by atoms with E-state index in [9.17, 15) is 15.3 Å². The van der Waals surface area contributed by atoms with Gasteiger partial charge in [0, 0.05) is 12.3 Å². The Morgan fingerprint density at radius 1 is 1.26 bits per heavy atom. The SMILES string of the molecule is Cc1cc(C)c(C(CC(=NNC(N)=O)c2cccs2)C(C#N)C#N)c(C)c1. The fourth-order valence-electron chi connectivity index (χ4n) is 3.35. The van der Waals surface area contributed by atoms with E-state index in [1.165, 1.54) is 11.3 Å². The van der Waals surface area contributed by atoms with Gasteiger partial charge in [-0.25, -0.2) is 10.2 Å². The van der Waals surface area contributed by atoms with Crippen molar-refractivity contribution in [1.29, 1.82) is 10.5 Å². The van der Waals surface area contributed by atoms with Crippen LogP contribution in [-0.4, -0.2) is 11.7 Å². The minimum Gasteiger partial charge on any atom is -0.350 e. The van der Waals surface area contributed by atoms with Crippen molar-refractivity contribution in [2.75, 3.05) is 0 Å². The highest BCUT2D eigenvalue weighted by atomic mass is 32.1. The molecule has 0 aliphatic rings. The van der Waals surface area contributed by atoms with Crippen LogP contribution in [-0.2, 0) is 0 Å². The van der Waals surface area contributed by atoms with Crippen molar-refractivity contribution in [2.24, 2.45) is 16.8 Å². The predicted molar refractivity (Wildman–Crippen MR) is 106 cm³/mol.